The van der Waals surface area contributed by atoms with E-state index in [1.807, 2.05) is 12.1 Å². The normalized spacial score (nSPS) is 16.6. The highest BCUT2D eigenvalue weighted by Crippen LogP contribution is 2.32. The summed E-state index contributed by atoms with van der Waals surface area (Å²) in [5, 5.41) is 11.8. The lowest BCUT2D eigenvalue weighted by Crippen LogP contribution is -2.43. The van der Waals surface area contributed by atoms with Gasteiger partial charge in [0.25, 0.3) is 0 Å². The molecule has 1 atom stereocenters. The lowest BCUT2D eigenvalue weighted by atomic mass is 10.1. The predicted octanol–water partition coefficient (Wildman–Crippen LogP) is 0.555. The number of nitrogens with zero attached hydrogens (tertiary/aromatic N) is 1. The smallest absolute Gasteiger partial charge is 0.327 e. The number of hydrogen-bond acceptors (Lipinski definition) is 3. The van der Waals surface area contributed by atoms with Crippen molar-refractivity contribution in [1.82, 2.24) is 5.32 Å². The zero-order valence-electron chi connectivity index (χ0n) is 11.1. The second-order valence-corrected chi connectivity index (χ2v) is 4.68. The van der Waals surface area contributed by atoms with Crippen LogP contribution in [0.1, 0.15) is 18.9 Å². The van der Waals surface area contributed by atoms with Crippen molar-refractivity contribution in [2.75, 3.05) is 11.4 Å². The quantitative estimate of drug-likeness (QED) is 0.841. The molecular weight excluding hydrogens is 260 g/mol. The SMILES string of the molecule is CC(=O)NCCC(=O)N1c2ccccc2CC1C(=O)O. The van der Waals surface area contributed by atoms with Gasteiger partial charge in [-0.15, -0.1) is 0 Å². The fourth-order valence-corrected chi connectivity index (χ4v) is 2.36. The number of carboxylic acids is 1. The van der Waals surface area contributed by atoms with Gasteiger partial charge in [-0.3, -0.25) is 14.5 Å². The summed E-state index contributed by atoms with van der Waals surface area (Å²) in [7, 11) is 0. The van der Waals surface area contributed by atoms with Gasteiger partial charge in [0.2, 0.25) is 11.8 Å². The van der Waals surface area contributed by atoms with E-state index in [4.69, 9.17) is 0 Å². The second kappa shape index (κ2) is 5.73. The van der Waals surface area contributed by atoms with Crippen molar-refractivity contribution >= 4 is 23.5 Å². The van der Waals surface area contributed by atoms with Crippen LogP contribution in [0.15, 0.2) is 24.3 Å². The van der Waals surface area contributed by atoms with Crippen LogP contribution in [-0.2, 0) is 20.8 Å². The molecule has 1 heterocycles. The van der Waals surface area contributed by atoms with Gasteiger partial charge in [-0.2, -0.15) is 0 Å². The topological polar surface area (TPSA) is 86.7 Å². The molecule has 0 radical (unpaired) electrons. The molecular formula is C14H16N2O4. The summed E-state index contributed by atoms with van der Waals surface area (Å²) in [6.45, 7) is 1.58. The van der Waals surface area contributed by atoms with Crippen molar-refractivity contribution in [2.45, 2.75) is 25.8 Å². The third-order valence-electron chi connectivity index (χ3n) is 3.24. The van der Waals surface area contributed by atoms with Gasteiger partial charge in [-0.05, 0) is 11.6 Å². The lowest BCUT2D eigenvalue weighted by Gasteiger charge is -2.22. The average Bonchev–Trinajstić information content (AvgIpc) is 2.77. The molecule has 2 N–H and O–H groups in total. The number of hydrogen-bond donors (Lipinski definition) is 2. The van der Waals surface area contributed by atoms with E-state index in [0.717, 1.165) is 5.56 Å². The fourth-order valence-electron chi connectivity index (χ4n) is 2.36. The third kappa shape index (κ3) is 2.79. The predicted molar refractivity (Wildman–Crippen MR) is 72.4 cm³/mol. The van der Waals surface area contributed by atoms with Crippen molar-refractivity contribution in [1.29, 1.82) is 0 Å². The van der Waals surface area contributed by atoms with E-state index in [1.54, 1.807) is 12.1 Å². The molecule has 106 valence electrons. The van der Waals surface area contributed by atoms with Crippen molar-refractivity contribution in [2.24, 2.45) is 0 Å². The van der Waals surface area contributed by atoms with Crippen LogP contribution >= 0.6 is 0 Å². The van der Waals surface area contributed by atoms with Crippen LogP contribution in [0.4, 0.5) is 5.69 Å². The fraction of sp³-hybridized carbons (Fsp3) is 0.357. The van der Waals surface area contributed by atoms with Gasteiger partial charge >= 0.3 is 5.97 Å². The number of carbonyl (C=O) groups is 3. The third-order valence-corrected chi connectivity index (χ3v) is 3.24. The van der Waals surface area contributed by atoms with Gasteiger partial charge in [-0.25, -0.2) is 4.79 Å². The van der Waals surface area contributed by atoms with Gasteiger partial charge in [0.05, 0.1) is 0 Å². The lowest BCUT2D eigenvalue weighted by molar-refractivity contribution is -0.140. The standard InChI is InChI=1S/C14H16N2O4/c1-9(17)15-7-6-13(18)16-11-5-3-2-4-10(11)8-12(16)14(19)20/h2-5,12H,6-8H2,1H3,(H,15,17)(H,19,20). The molecule has 0 aliphatic carbocycles. The maximum absolute atomic E-state index is 12.2. The summed E-state index contributed by atoms with van der Waals surface area (Å²) in [6.07, 6.45) is 0.398. The number of fused-ring (bicyclic) bond motifs is 1. The number of anilines is 1. The van der Waals surface area contributed by atoms with E-state index in [9.17, 15) is 19.5 Å². The maximum Gasteiger partial charge on any atom is 0.327 e. The largest absolute Gasteiger partial charge is 0.480 e. The van der Waals surface area contributed by atoms with Gasteiger partial charge < -0.3 is 10.4 Å². The maximum atomic E-state index is 12.2. The second-order valence-electron chi connectivity index (χ2n) is 4.68. The van der Waals surface area contributed by atoms with E-state index in [1.165, 1.54) is 11.8 Å². The first-order valence-corrected chi connectivity index (χ1v) is 6.38. The van der Waals surface area contributed by atoms with Crippen LogP contribution in [0, 0.1) is 0 Å². The first-order valence-electron chi connectivity index (χ1n) is 6.38. The minimum Gasteiger partial charge on any atom is -0.480 e. The summed E-state index contributed by atoms with van der Waals surface area (Å²) in [4.78, 5) is 35.6. The van der Waals surface area contributed by atoms with Crippen molar-refractivity contribution in [3.05, 3.63) is 29.8 Å². The Bertz CT molecular complexity index is 556. The van der Waals surface area contributed by atoms with E-state index < -0.39 is 12.0 Å². The number of amides is 2. The molecule has 0 aromatic heterocycles. The summed E-state index contributed by atoms with van der Waals surface area (Å²) in [5.74, 6) is -1.53. The first-order chi connectivity index (χ1) is 9.50. The molecule has 2 rings (SSSR count). The highest BCUT2D eigenvalue weighted by molar-refractivity contribution is 6.02. The van der Waals surface area contributed by atoms with Crippen LogP contribution in [0.25, 0.3) is 0 Å². The number of carboxylic acid groups (broad SMARTS) is 1. The van der Waals surface area contributed by atoms with Crippen LogP contribution in [0.3, 0.4) is 0 Å². The van der Waals surface area contributed by atoms with E-state index in [-0.39, 0.29) is 24.8 Å². The Morgan fingerprint density at radius 3 is 2.70 bits per heavy atom. The number of carbonyl (C=O) groups excluding carboxylic acids is 2. The average molecular weight is 276 g/mol. The molecule has 1 unspecified atom stereocenters. The molecule has 1 aliphatic rings. The van der Waals surface area contributed by atoms with Gasteiger partial charge in [0.15, 0.2) is 0 Å². The molecule has 6 nitrogen and oxygen atoms in total. The molecule has 0 bridgehead atoms. The number of para-hydroxylation sites is 1. The summed E-state index contributed by atoms with van der Waals surface area (Å²) >= 11 is 0. The molecule has 1 aromatic carbocycles. The van der Waals surface area contributed by atoms with Crippen LogP contribution in [0.2, 0.25) is 0 Å². The Hall–Kier alpha value is -2.37. The van der Waals surface area contributed by atoms with Crippen LogP contribution in [-0.4, -0.2) is 35.5 Å². The van der Waals surface area contributed by atoms with Crippen LogP contribution in [0.5, 0.6) is 0 Å². The molecule has 20 heavy (non-hydrogen) atoms. The van der Waals surface area contributed by atoms with E-state index in [0.29, 0.717) is 12.1 Å². The molecule has 6 heteroatoms. The number of rotatable bonds is 4. The highest BCUT2D eigenvalue weighted by Gasteiger charge is 2.37. The Labute approximate surface area is 116 Å². The van der Waals surface area contributed by atoms with E-state index >= 15 is 0 Å². The highest BCUT2D eigenvalue weighted by atomic mass is 16.4. The summed E-state index contributed by atoms with van der Waals surface area (Å²) in [5.41, 5.74) is 1.50. The molecule has 0 fully saturated rings. The summed E-state index contributed by atoms with van der Waals surface area (Å²) in [6, 6.07) is 6.30. The Morgan fingerprint density at radius 1 is 1.35 bits per heavy atom. The minimum absolute atomic E-state index is 0.0810. The molecule has 1 aliphatic heterocycles. The Morgan fingerprint density at radius 2 is 2.05 bits per heavy atom. The van der Waals surface area contributed by atoms with Crippen molar-refractivity contribution in [3.8, 4) is 0 Å². The minimum atomic E-state index is -1.02. The molecule has 1 aromatic rings. The number of benzene rings is 1. The number of nitrogens with one attached hydrogen (secondary N) is 1. The molecule has 0 saturated carbocycles. The zero-order valence-corrected chi connectivity index (χ0v) is 11.1. The monoisotopic (exact) mass is 276 g/mol. The zero-order chi connectivity index (χ0) is 14.7. The Balaban J connectivity index is 2.16. The van der Waals surface area contributed by atoms with E-state index in [2.05, 4.69) is 5.32 Å². The molecule has 0 saturated heterocycles. The first kappa shape index (κ1) is 14.0. The molecule has 0 spiro atoms. The number of aliphatic carboxylic acids is 1. The van der Waals surface area contributed by atoms with Gasteiger partial charge in [-0.1, -0.05) is 18.2 Å². The molecule has 2 amide bonds. The van der Waals surface area contributed by atoms with Gasteiger partial charge in [0.1, 0.15) is 6.04 Å². The Kier molecular flexibility index (Phi) is 4.02. The van der Waals surface area contributed by atoms with Crippen molar-refractivity contribution in [3.63, 3.8) is 0 Å². The summed E-state index contributed by atoms with van der Waals surface area (Å²) < 4.78 is 0. The van der Waals surface area contributed by atoms with Crippen LogP contribution < -0.4 is 10.2 Å². The van der Waals surface area contributed by atoms with Crippen molar-refractivity contribution < 1.29 is 19.5 Å². The van der Waals surface area contributed by atoms with Gasteiger partial charge in [0, 0.05) is 32.0 Å².